The smallest absolute Gasteiger partial charge is 0.336 e. The molecule has 0 saturated heterocycles. The van der Waals surface area contributed by atoms with Gasteiger partial charge in [-0.3, -0.25) is 4.79 Å². The van der Waals surface area contributed by atoms with E-state index in [4.69, 9.17) is 14.9 Å². The number of hydrogen-bond donors (Lipinski definition) is 2. The topological polar surface area (TPSA) is 94.6 Å². The first kappa shape index (κ1) is 16.7. The van der Waals surface area contributed by atoms with Crippen LogP contribution in [0.2, 0.25) is 0 Å². The number of ether oxygens (including phenoxy) is 1. The Morgan fingerprint density at radius 1 is 1.33 bits per heavy atom. The fraction of sp³-hybridized carbons (Fsp3) is 0.444. The summed E-state index contributed by atoms with van der Waals surface area (Å²) in [5.41, 5.74) is 7.54. The van der Waals surface area contributed by atoms with Crippen LogP contribution in [0.1, 0.15) is 24.8 Å². The number of anilines is 1. The van der Waals surface area contributed by atoms with E-state index in [9.17, 15) is 9.59 Å². The average molecular weight is 330 g/mol. The zero-order valence-electron chi connectivity index (χ0n) is 13.9. The molecular formula is C18H22N2O4. The van der Waals surface area contributed by atoms with Crippen molar-refractivity contribution in [2.24, 2.45) is 11.7 Å². The summed E-state index contributed by atoms with van der Waals surface area (Å²) in [7, 11) is 1.62. The van der Waals surface area contributed by atoms with Crippen molar-refractivity contribution >= 4 is 22.6 Å². The van der Waals surface area contributed by atoms with Crippen molar-refractivity contribution < 1.29 is 13.9 Å². The lowest BCUT2D eigenvalue weighted by Crippen LogP contribution is -2.44. The molecule has 3 rings (SSSR count). The van der Waals surface area contributed by atoms with Gasteiger partial charge in [0.05, 0.1) is 6.10 Å². The zero-order valence-corrected chi connectivity index (χ0v) is 13.9. The summed E-state index contributed by atoms with van der Waals surface area (Å²) in [6.45, 7) is 1.85. The van der Waals surface area contributed by atoms with Gasteiger partial charge in [0.2, 0.25) is 5.91 Å². The second-order valence-electron chi connectivity index (χ2n) is 6.40. The van der Waals surface area contributed by atoms with Crippen molar-refractivity contribution in [1.82, 2.24) is 0 Å². The zero-order chi connectivity index (χ0) is 17.3. The molecule has 1 aromatic carbocycles. The minimum absolute atomic E-state index is 0.0167. The molecule has 128 valence electrons. The van der Waals surface area contributed by atoms with Gasteiger partial charge in [0.25, 0.3) is 0 Å². The van der Waals surface area contributed by atoms with Crippen LogP contribution in [0.4, 0.5) is 5.69 Å². The maximum atomic E-state index is 12.5. The fourth-order valence-corrected chi connectivity index (χ4v) is 3.31. The van der Waals surface area contributed by atoms with Gasteiger partial charge in [0.1, 0.15) is 5.58 Å². The van der Waals surface area contributed by atoms with E-state index in [2.05, 4.69) is 5.32 Å². The molecule has 6 nitrogen and oxygen atoms in total. The summed E-state index contributed by atoms with van der Waals surface area (Å²) in [6.07, 6.45) is 2.04. The number of amides is 1. The molecule has 3 N–H and O–H groups in total. The van der Waals surface area contributed by atoms with Crippen LogP contribution in [0, 0.1) is 12.8 Å². The van der Waals surface area contributed by atoms with Crippen molar-refractivity contribution in [1.29, 1.82) is 0 Å². The highest BCUT2D eigenvalue weighted by molar-refractivity contribution is 5.95. The lowest BCUT2D eigenvalue weighted by Gasteiger charge is -2.32. The predicted octanol–water partition coefficient (Wildman–Crippen LogP) is 2.18. The number of carbonyl (C=O) groups is 1. The van der Waals surface area contributed by atoms with E-state index >= 15 is 0 Å². The number of methoxy groups -OCH3 is 1. The molecule has 3 atom stereocenters. The summed E-state index contributed by atoms with van der Waals surface area (Å²) in [4.78, 5) is 24.0. The van der Waals surface area contributed by atoms with Gasteiger partial charge in [-0.1, -0.05) is 0 Å². The van der Waals surface area contributed by atoms with E-state index in [-0.39, 0.29) is 24.0 Å². The van der Waals surface area contributed by atoms with Crippen molar-refractivity contribution in [2.75, 3.05) is 12.4 Å². The molecule has 1 saturated carbocycles. The minimum atomic E-state index is -0.396. The molecule has 1 heterocycles. The number of fused-ring (bicyclic) bond motifs is 1. The molecule has 0 bridgehead atoms. The summed E-state index contributed by atoms with van der Waals surface area (Å²) in [5.74, 6) is -0.187. The third-order valence-corrected chi connectivity index (χ3v) is 4.74. The largest absolute Gasteiger partial charge is 0.423 e. The third kappa shape index (κ3) is 3.34. The quantitative estimate of drug-likeness (QED) is 0.841. The molecule has 2 aromatic rings. The van der Waals surface area contributed by atoms with E-state index in [0.717, 1.165) is 23.8 Å². The van der Waals surface area contributed by atoms with E-state index in [1.54, 1.807) is 13.2 Å². The standard InChI is InChI=1S/C18H22N2O4/c1-10-7-17(21)24-15-9-12(4-5-13(10)15)20-18(22)11-3-6-14(19)16(8-11)23-2/h4-5,7,9,11,14,16H,3,6,8,19H2,1-2H3,(H,20,22)/t11-,14+,16+/m0/s1. The second kappa shape index (κ2) is 6.75. The first-order chi connectivity index (χ1) is 11.5. The Labute approximate surface area is 140 Å². The van der Waals surface area contributed by atoms with Crippen LogP contribution in [-0.4, -0.2) is 25.2 Å². The van der Waals surface area contributed by atoms with Crippen molar-refractivity contribution in [2.45, 2.75) is 38.3 Å². The number of nitrogens with one attached hydrogen (secondary N) is 1. The van der Waals surface area contributed by atoms with E-state index in [1.807, 2.05) is 19.1 Å². The van der Waals surface area contributed by atoms with Crippen LogP contribution in [0.15, 0.2) is 33.5 Å². The Hall–Kier alpha value is -2.18. The van der Waals surface area contributed by atoms with Crippen molar-refractivity contribution in [3.8, 4) is 0 Å². The molecular weight excluding hydrogens is 308 g/mol. The highest BCUT2D eigenvalue weighted by atomic mass is 16.5. The molecule has 1 aromatic heterocycles. The van der Waals surface area contributed by atoms with Gasteiger partial charge in [0, 0.05) is 42.3 Å². The number of aryl methyl sites for hydroxylation is 1. The third-order valence-electron chi connectivity index (χ3n) is 4.74. The average Bonchev–Trinajstić information content (AvgIpc) is 2.54. The van der Waals surface area contributed by atoms with E-state index < -0.39 is 5.63 Å². The van der Waals surface area contributed by atoms with Crippen LogP contribution in [-0.2, 0) is 9.53 Å². The van der Waals surface area contributed by atoms with Gasteiger partial charge < -0.3 is 20.2 Å². The van der Waals surface area contributed by atoms with Gasteiger partial charge in [0.15, 0.2) is 0 Å². The SMILES string of the molecule is CO[C@@H]1C[C@@H](C(=O)Nc2ccc3c(C)cc(=O)oc3c2)CC[C@H]1N. The molecule has 0 radical (unpaired) electrons. The molecule has 24 heavy (non-hydrogen) atoms. The number of nitrogens with two attached hydrogens (primary N) is 1. The highest BCUT2D eigenvalue weighted by Crippen LogP contribution is 2.27. The van der Waals surface area contributed by atoms with Gasteiger partial charge in [-0.2, -0.15) is 0 Å². The van der Waals surface area contributed by atoms with Gasteiger partial charge >= 0.3 is 5.63 Å². The fourth-order valence-electron chi connectivity index (χ4n) is 3.31. The van der Waals surface area contributed by atoms with E-state index in [1.165, 1.54) is 6.07 Å². The van der Waals surface area contributed by atoms with E-state index in [0.29, 0.717) is 17.7 Å². The molecule has 6 heteroatoms. The van der Waals surface area contributed by atoms with Crippen LogP contribution in [0.25, 0.3) is 11.0 Å². The first-order valence-corrected chi connectivity index (χ1v) is 8.11. The lowest BCUT2D eigenvalue weighted by molar-refractivity contribution is -0.122. The molecule has 1 amide bonds. The van der Waals surface area contributed by atoms with Crippen LogP contribution < -0.4 is 16.7 Å². The minimum Gasteiger partial charge on any atom is -0.423 e. The maximum Gasteiger partial charge on any atom is 0.336 e. The Bertz CT molecular complexity index is 814. The monoisotopic (exact) mass is 330 g/mol. The molecule has 0 unspecified atom stereocenters. The number of carbonyl (C=O) groups excluding carboxylic acids is 1. The lowest BCUT2D eigenvalue weighted by atomic mass is 9.83. The molecule has 1 aliphatic rings. The van der Waals surface area contributed by atoms with Crippen LogP contribution in [0.3, 0.4) is 0 Å². The number of hydrogen-bond acceptors (Lipinski definition) is 5. The predicted molar refractivity (Wildman–Crippen MR) is 92.0 cm³/mol. The highest BCUT2D eigenvalue weighted by Gasteiger charge is 2.32. The number of rotatable bonds is 3. The maximum absolute atomic E-state index is 12.5. The summed E-state index contributed by atoms with van der Waals surface area (Å²) >= 11 is 0. The van der Waals surface area contributed by atoms with Gasteiger partial charge in [-0.25, -0.2) is 4.79 Å². The number of benzene rings is 1. The van der Waals surface area contributed by atoms with Gasteiger partial charge in [-0.05, 0) is 43.9 Å². The summed E-state index contributed by atoms with van der Waals surface area (Å²) in [6, 6.07) is 6.78. The molecule has 1 aliphatic carbocycles. The van der Waals surface area contributed by atoms with Gasteiger partial charge in [-0.15, -0.1) is 0 Å². The normalized spacial score (nSPS) is 24.0. The Kier molecular flexibility index (Phi) is 4.69. The Morgan fingerprint density at radius 3 is 2.88 bits per heavy atom. The summed E-state index contributed by atoms with van der Waals surface area (Å²) < 4.78 is 10.6. The first-order valence-electron chi connectivity index (χ1n) is 8.11. The molecule has 0 spiro atoms. The van der Waals surface area contributed by atoms with Crippen LogP contribution in [0.5, 0.6) is 0 Å². The van der Waals surface area contributed by atoms with Crippen LogP contribution >= 0.6 is 0 Å². The second-order valence-corrected chi connectivity index (χ2v) is 6.40. The summed E-state index contributed by atoms with van der Waals surface area (Å²) in [5, 5.41) is 3.76. The van der Waals surface area contributed by atoms with Crippen molar-refractivity contribution in [3.63, 3.8) is 0 Å². The van der Waals surface area contributed by atoms with Crippen molar-refractivity contribution in [3.05, 3.63) is 40.2 Å². The Balaban J connectivity index is 1.77. The Morgan fingerprint density at radius 2 is 2.12 bits per heavy atom. The molecule has 0 aliphatic heterocycles. The molecule has 1 fully saturated rings.